The summed E-state index contributed by atoms with van der Waals surface area (Å²) >= 11 is 0. The molecule has 0 aromatic heterocycles. The smallest absolute Gasteiger partial charge is 0.0826 e. The second-order valence-corrected chi connectivity index (χ2v) is 8.01. The Bertz CT molecular complexity index is 339. The molecule has 2 aliphatic carbocycles. The summed E-state index contributed by atoms with van der Waals surface area (Å²) in [6, 6.07) is 0.662. The Morgan fingerprint density at radius 1 is 1.32 bits per heavy atom. The molecule has 3 heteroatoms. The third-order valence-electron chi connectivity index (χ3n) is 6.16. The zero-order chi connectivity index (χ0) is 13.7. The van der Waals surface area contributed by atoms with Crippen molar-refractivity contribution in [3.63, 3.8) is 0 Å². The number of nitrogens with one attached hydrogen (secondary N) is 1. The standard InChI is InChI=1S/C16H30N2O/c1-15(2)12-5-6-16(3,9-12)14(15)17-10-13-11-18(4)7-8-19-13/h12-14,17H,5-11H2,1-4H3. The van der Waals surface area contributed by atoms with E-state index in [0.29, 0.717) is 23.0 Å². The zero-order valence-electron chi connectivity index (χ0n) is 13.0. The summed E-state index contributed by atoms with van der Waals surface area (Å²) in [6.45, 7) is 11.5. The molecule has 0 radical (unpaired) electrons. The van der Waals surface area contributed by atoms with Crippen molar-refractivity contribution in [2.24, 2.45) is 16.7 Å². The van der Waals surface area contributed by atoms with Gasteiger partial charge in [0.2, 0.25) is 0 Å². The van der Waals surface area contributed by atoms with E-state index in [0.717, 1.165) is 32.2 Å². The van der Waals surface area contributed by atoms with Crippen LogP contribution in [-0.4, -0.2) is 50.3 Å². The molecule has 4 atom stereocenters. The number of fused-ring (bicyclic) bond motifs is 2. The minimum absolute atomic E-state index is 0.372. The van der Waals surface area contributed by atoms with E-state index >= 15 is 0 Å². The van der Waals surface area contributed by atoms with Gasteiger partial charge in [0.25, 0.3) is 0 Å². The normalized spacial score (nSPS) is 45.8. The van der Waals surface area contributed by atoms with Crippen LogP contribution in [0.1, 0.15) is 40.0 Å². The first-order chi connectivity index (χ1) is 8.92. The molecule has 0 aromatic rings. The van der Waals surface area contributed by atoms with Crippen LogP contribution in [0.15, 0.2) is 0 Å². The number of ether oxygens (including phenoxy) is 1. The van der Waals surface area contributed by atoms with E-state index in [9.17, 15) is 0 Å². The Kier molecular flexibility index (Phi) is 3.43. The van der Waals surface area contributed by atoms with E-state index in [1.165, 1.54) is 19.3 Å². The van der Waals surface area contributed by atoms with E-state index < -0.39 is 0 Å². The second-order valence-electron chi connectivity index (χ2n) is 8.01. The molecule has 0 aromatic carbocycles. The van der Waals surface area contributed by atoms with E-state index in [2.05, 4.69) is 38.0 Å². The number of morpholine rings is 1. The van der Waals surface area contributed by atoms with Gasteiger partial charge in [-0.25, -0.2) is 0 Å². The van der Waals surface area contributed by atoms with Gasteiger partial charge < -0.3 is 15.0 Å². The van der Waals surface area contributed by atoms with Gasteiger partial charge in [-0.3, -0.25) is 0 Å². The Labute approximate surface area is 118 Å². The summed E-state index contributed by atoms with van der Waals surface area (Å²) in [7, 11) is 2.19. The molecule has 1 aliphatic heterocycles. The van der Waals surface area contributed by atoms with Crippen molar-refractivity contribution in [1.29, 1.82) is 0 Å². The summed E-state index contributed by atoms with van der Waals surface area (Å²) in [5.41, 5.74) is 0.975. The van der Waals surface area contributed by atoms with Gasteiger partial charge in [0.05, 0.1) is 12.7 Å². The van der Waals surface area contributed by atoms with Crippen molar-refractivity contribution in [2.75, 3.05) is 33.3 Å². The van der Waals surface area contributed by atoms with Crippen LogP contribution >= 0.6 is 0 Å². The highest BCUT2D eigenvalue weighted by Gasteiger charge is 2.58. The lowest BCUT2D eigenvalue weighted by molar-refractivity contribution is -0.0249. The Balaban J connectivity index is 1.60. The fraction of sp³-hybridized carbons (Fsp3) is 1.00. The van der Waals surface area contributed by atoms with Crippen molar-refractivity contribution in [3.8, 4) is 0 Å². The molecule has 2 saturated carbocycles. The van der Waals surface area contributed by atoms with Crippen molar-refractivity contribution >= 4 is 0 Å². The van der Waals surface area contributed by atoms with Gasteiger partial charge >= 0.3 is 0 Å². The lowest BCUT2D eigenvalue weighted by atomic mass is 9.68. The predicted molar refractivity (Wildman–Crippen MR) is 78.3 cm³/mol. The van der Waals surface area contributed by atoms with Gasteiger partial charge in [-0.05, 0) is 43.1 Å². The number of hydrogen-bond acceptors (Lipinski definition) is 3. The number of rotatable bonds is 3. The minimum Gasteiger partial charge on any atom is -0.374 e. The van der Waals surface area contributed by atoms with Gasteiger partial charge in [0.1, 0.15) is 0 Å². The molecule has 3 rings (SSSR count). The summed E-state index contributed by atoms with van der Waals surface area (Å²) in [4.78, 5) is 2.38. The molecular formula is C16H30N2O. The quantitative estimate of drug-likeness (QED) is 0.847. The third-order valence-corrected chi connectivity index (χ3v) is 6.16. The number of likely N-dealkylation sites (N-methyl/N-ethyl adjacent to an activating group) is 1. The molecule has 2 bridgehead atoms. The van der Waals surface area contributed by atoms with E-state index in [1.807, 2.05) is 0 Å². The highest BCUT2D eigenvalue weighted by molar-refractivity contribution is 5.12. The van der Waals surface area contributed by atoms with Crippen molar-refractivity contribution in [2.45, 2.75) is 52.2 Å². The number of hydrogen-bond donors (Lipinski definition) is 1. The first-order valence-electron chi connectivity index (χ1n) is 7.95. The Morgan fingerprint density at radius 3 is 2.74 bits per heavy atom. The molecule has 19 heavy (non-hydrogen) atoms. The molecular weight excluding hydrogens is 236 g/mol. The van der Waals surface area contributed by atoms with Crippen LogP contribution in [0.5, 0.6) is 0 Å². The van der Waals surface area contributed by atoms with Crippen LogP contribution < -0.4 is 5.32 Å². The maximum Gasteiger partial charge on any atom is 0.0826 e. The average Bonchev–Trinajstić information content (AvgIpc) is 2.80. The van der Waals surface area contributed by atoms with Gasteiger partial charge in [-0.2, -0.15) is 0 Å². The summed E-state index contributed by atoms with van der Waals surface area (Å²) in [6.07, 6.45) is 4.63. The predicted octanol–water partition coefficient (Wildman–Crippen LogP) is 2.12. The third kappa shape index (κ3) is 2.34. The molecule has 3 aliphatic rings. The molecule has 0 spiro atoms. The highest BCUT2D eigenvalue weighted by atomic mass is 16.5. The Hall–Kier alpha value is -0.120. The van der Waals surface area contributed by atoms with Crippen LogP contribution in [-0.2, 0) is 4.74 Å². The van der Waals surface area contributed by atoms with Crippen molar-refractivity contribution in [1.82, 2.24) is 10.2 Å². The van der Waals surface area contributed by atoms with Crippen molar-refractivity contribution < 1.29 is 4.74 Å². The molecule has 1 saturated heterocycles. The largest absolute Gasteiger partial charge is 0.374 e. The SMILES string of the molecule is CN1CCOC(CNC2C3(C)CCC(C3)C2(C)C)C1. The molecule has 1 N–H and O–H groups in total. The lowest BCUT2D eigenvalue weighted by Gasteiger charge is -2.44. The van der Waals surface area contributed by atoms with Gasteiger partial charge in [0, 0.05) is 25.7 Å². The van der Waals surface area contributed by atoms with E-state index in [4.69, 9.17) is 4.74 Å². The molecule has 4 unspecified atom stereocenters. The van der Waals surface area contributed by atoms with Gasteiger partial charge in [-0.1, -0.05) is 20.8 Å². The average molecular weight is 266 g/mol. The lowest BCUT2D eigenvalue weighted by Crippen LogP contribution is -2.54. The first-order valence-corrected chi connectivity index (χ1v) is 7.95. The topological polar surface area (TPSA) is 24.5 Å². The van der Waals surface area contributed by atoms with Crippen LogP contribution in [0, 0.1) is 16.7 Å². The first kappa shape index (κ1) is 13.8. The fourth-order valence-electron chi connectivity index (χ4n) is 5.05. The van der Waals surface area contributed by atoms with Crippen LogP contribution in [0.2, 0.25) is 0 Å². The maximum absolute atomic E-state index is 5.89. The molecule has 110 valence electrons. The molecule has 3 nitrogen and oxygen atoms in total. The summed E-state index contributed by atoms with van der Waals surface area (Å²) in [5.74, 6) is 0.921. The minimum atomic E-state index is 0.372. The highest BCUT2D eigenvalue weighted by Crippen LogP contribution is 2.62. The van der Waals surface area contributed by atoms with Gasteiger partial charge in [0.15, 0.2) is 0 Å². The van der Waals surface area contributed by atoms with Crippen LogP contribution in [0.3, 0.4) is 0 Å². The van der Waals surface area contributed by atoms with E-state index in [1.54, 1.807) is 0 Å². The monoisotopic (exact) mass is 266 g/mol. The van der Waals surface area contributed by atoms with Crippen molar-refractivity contribution in [3.05, 3.63) is 0 Å². The fourth-order valence-corrected chi connectivity index (χ4v) is 5.05. The van der Waals surface area contributed by atoms with Crippen LogP contribution in [0.25, 0.3) is 0 Å². The second kappa shape index (κ2) is 4.71. The summed E-state index contributed by atoms with van der Waals surface area (Å²) < 4.78 is 5.89. The zero-order valence-corrected chi connectivity index (χ0v) is 13.0. The molecule has 1 heterocycles. The maximum atomic E-state index is 5.89. The summed E-state index contributed by atoms with van der Waals surface area (Å²) in [5, 5.41) is 3.88. The van der Waals surface area contributed by atoms with E-state index in [-0.39, 0.29) is 0 Å². The van der Waals surface area contributed by atoms with Gasteiger partial charge in [-0.15, -0.1) is 0 Å². The molecule has 3 fully saturated rings. The Morgan fingerprint density at radius 2 is 2.11 bits per heavy atom. The number of nitrogens with zero attached hydrogens (tertiary/aromatic N) is 1. The van der Waals surface area contributed by atoms with Crippen LogP contribution in [0.4, 0.5) is 0 Å². The molecule has 0 amide bonds.